The zero-order valence-electron chi connectivity index (χ0n) is 14.5. The summed E-state index contributed by atoms with van der Waals surface area (Å²) in [5, 5.41) is 3.90. The quantitative estimate of drug-likeness (QED) is 0.797. The minimum absolute atomic E-state index is 0.0750. The van der Waals surface area contributed by atoms with Gasteiger partial charge in [0.15, 0.2) is 5.78 Å². The lowest BCUT2D eigenvalue weighted by atomic mass is 9.91. The smallest absolute Gasteiger partial charge is 0.240 e. The van der Waals surface area contributed by atoms with E-state index in [1.165, 1.54) is 22.7 Å². The second-order valence-electron chi connectivity index (χ2n) is 6.77. The molecule has 0 aromatic heterocycles. The fourth-order valence-electron chi connectivity index (χ4n) is 2.08. The van der Waals surface area contributed by atoms with Gasteiger partial charge >= 0.3 is 0 Å². The highest BCUT2D eigenvalue weighted by molar-refractivity contribution is 8.04. The van der Waals surface area contributed by atoms with E-state index in [1.807, 2.05) is 32.9 Å². The van der Waals surface area contributed by atoms with E-state index in [0.717, 1.165) is 5.56 Å². The van der Waals surface area contributed by atoms with Crippen LogP contribution >= 0.6 is 23.4 Å². The van der Waals surface area contributed by atoms with E-state index in [9.17, 15) is 14.4 Å². The van der Waals surface area contributed by atoms with Crippen LogP contribution in [0, 0.1) is 5.41 Å². The van der Waals surface area contributed by atoms with Gasteiger partial charge in [-0.05, 0) is 17.7 Å². The van der Waals surface area contributed by atoms with Gasteiger partial charge in [0, 0.05) is 23.1 Å². The first-order chi connectivity index (χ1) is 11.7. The number of carbonyl (C=O) groups excluding carboxylic acids is 3. The maximum Gasteiger partial charge on any atom is 0.240 e. The number of nitrogens with one attached hydrogen (secondary N) is 1. The molecule has 1 aromatic rings. The van der Waals surface area contributed by atoms with Crippen molar-refractivity contribution < 1.29 is 14.4 Å². The van der Waals surface area contributed by atoms with Crippen LogP contribution in [0.3, 0.4) is 0 Å². The lowest BCUT2D eigenvalue weighted by Crippen LogP contribution is -2.37. The molecule has 1 aromatic carbocycles. The highest BCUT2D eigenvalue weighted by Gasteiger charge is 2.30. The Morgan fingerprint density at radius 3 is 2.72 bits per heavy atom. The molecular weight excluding hydrogens is 360 g/mol. The zero-order chi connectivity index (χ0) is 18.6. The number of hydrogen-bond acceptors (Lipinski definition) is 4. The van der Waals surface area contributed by atoms with Gasteiger partial charge in [-0.2, -0.15) is 0 Å². The summed E-state index contributed by atoms with van der Waals surface area (Å²) in [5.41, 5.74) is 0.348. The number of hydrogen-bond donors (Lipinski definition) is 1. The fraction of sp³-hybridized carbons (Fsp3) is 0.389. The van der Waals surface area contributed by atoms with Crippen molar-refractivity contribution in [1.29, 1.82) is 0 Å². The summed E-state index contributed by atoms with van der Waals surface area (Å²) in [6, 6.07) is 7.20. The van der Waals surface area contributed by atoms with Gasteiger partial charge in [-0.15, -0.1) is 0 Å². The summed E-state index contributed by atoms with van der Waals surface area (Å²) >= 11 is 7.19. The Labute approximate surface area is 156 Å². The Morgan fingerprint density at radius 2 is 2.08 bits per heavy atom. The molecule has 0 unspecified atom stereocenters. The SMILES string of the molecule is CC(C)(C)C(=O)/C=C1\SCC(=O)N1CC(=O)NCc1cccc(Cl)c1. The van der Waals surface area contributed by atoms with Gasteiger partial charge in [-0.25, -0.2) is 0 Å². The number of ketones is 1. The molecule has 25 heavy (non-hydrogen) atoms. The van der Waals surface area contributed by atoms with Gasteiger partial charge in [0.25, 0.3) is 0 Å². The summed E-state index contributed by atoms with van der Waals surface area (Å²) in [7, 11) is 0. The van der Waals surface area contributed by atoms with Crippen molar-refractivity contribution in [3.63, 3.8) is 0 Å². The maximum absolute atomic E-state index is 12.2. The highest BCUT2D eigenvalue weighted by atomic mass is 35.5. The Balaban J connectivity index is 1.99. The maximum atomic E-state index is 12.2. The molecule has 0 spiro atoms. The van der Waals surface area contributed by atoms with E-state index in [0.29, 0.717) is 16.6 Å². The summed E-state index contributed by atoms with van der Waals surface area (Å²) in [4.78, 5) is 37.7. The second-order valence-corrected chi connectivity index (χ2v) is 8.20. The van der Waals surface area contributed by atoms with Crippen LogP contribution in [0.4, 0.5) is 0 Å². The summed E-state index contributed by atoms with van der Waals surface area (Å²) < 4.78 is 0. The van der Waals surface area contributed by atoms with Crippen LogP contribution in [0.25, 0.3) is 0 Å². The van der Waals surface area contributed by atoms with E-state index < -0.39 is 5.41 Å². The molecule has 1 heterocycles. The Morgan fingerprint density at radius 1 is 1.36 bits per heavy atom. The lowest BCUT2D eigenvalue weighted by molar-refractivity contribution is -0.131. The van der Waals surface area contributed by atoms with Crippen LogP contribution in [0.2, 0.25) is 5.02 Å². The second kappa shape index (κ2) is 8.06. The molecule has 5 nitrogen and oxygen atoms in total. The van der Waals surface area contributed by atoms with Crippen LogP contribution in [0.5, 0.6) is 0 Å². The molecule has 1 fully saturated rings. The van der Waals surface area contributed by atoms with Crippen LogP contribution < -0.4 is 5.32 Å². The van der Waals surface area contributed by atoms with Gasteiger partial charge in [0.2, 0.25) is 11.8 Å². The molecule has 0 atom stereocenters. The third-order valence-electron chi connectivity index (χ3n) is 3.58. The number of thioether (sulfide) groups is 1. The Hall–Kier alpha value is -1.79. The molecule has 2 rings (SSSR count). The largest absolute Gasteiger partial charge is 0.350 e. The molecule has 1 aliphatic rings. The number of benzene rings is 1. The van der Waals surface area contributed by atoms with E-state index in [-0.39, 0.29) is 29.9 Å². The minimum Gasteiger partial charge on any atom is -0.350 e. The van der Waals surface area contributed by atoms with Gasteiger partial charge in [0.1, 0.15) is 6.54 Å². The first kappa shape index (κ1) is 19.5. The molecule has 2 amide bonds. The van der Waals surface area contributed by atoms with Crippen LogP contribution in [-0.2, 0) is 20.9 Å². The number of nitrogens with zero attached hydrogens (tertiary/aromatic N) is 1. The molecule has 7 heteroatoms. The number of rotatable bonds is 5. The molecule has 0 saturated carbocycles. The molecule has 0 bridgehead atoms. The van der Waals surface area contributed by atoms with Crippen LogP contribution in [0.1, 0.15) is 26.3 Å². The first-order valence-corrected chi connectivity index (χ1v) is 9.23. The van der Waals surface area contributed by atoms with Gasteiger partial charge in [0.05, 0.1) is 10.8 Å². The van der Waals surface area contributed by atoms with E-state index in [2.05, 4.69) is 5.32 Å². The van der Waals surface area contributed by atoms with Crippen molar-refractivity contribution in [3.8, 4) is 0 Å². The number of halogens is 1. The highest BCUT2D eigenvalue weighted by Crippen LogP contribution is 2.30. The van der Waals surface area contributed by atoms with E-state index in [1.54, 1.807) is 12.1 Å². The third-order valence-corrected chi connectivity index (χ3v) is 4.85. The normalized spacial score (nSPS) is 16.4. The van der Waals surface area contributed by atoms with Gasteiger partial charge in [-0.1, -0.05) is 56.3 Å². The van der Waals surface area contributed by atoms with Crippen molar-refractivity contribution in [1.82, 2.24) is 10.2 Å². The number of carbonyl (C=O) groups is 3. The summed E-state index contributed by atoms with van der Waals surface area (Å²) in [5.74, 6) is -0.292. The first-order valence-electron chi connectivity index (χ1n) is 7.87. The summed E-state index contributed by atoms with van der Waals surface area (Å²) in [6.07, 6.45) is 1.46. The Kier molecular flexibility index (Phi) is 6.30. The molecular formula is C18H21ClN2O3S. The zero-order valence-corrected chi connectivity index (χ0v) is 16.0. The van der Waals surface area contributed by atoms with Crippen molar-refractivity contribution >= 4 is 41.0 Å². The predicted molar refractivity (Wildman–Crippen MR) is 100 cm³/mol. The molecule has 1 aliphatic heterocycles. The third kappa shape index (κ3) is 5.61. The Bertz CT molecular complexity index is 725. The molecule has 134 valence electrons. The monoisotopic (exact) mass is 380 g/mol. The molecule has 0 aliphatic carbocycles. The predicted octanol–water partition coefficient (Wildman–Crippen LogP) is 2.99. The van der Waals surface area contributed by atoms with Crippen molar-refractivity contribution in [2.45, 2.75) is 27.3 Å². The fourth-order valence-corrected chi connectivity index (χ4v) is 3.23. The van der Waals surface area contributed by atoms with E-state index in [4.69, 9.17) is 11.6 Å². The van der Waals surface area contributed by atoms with Crippen LogP contribution in [-0.4, -0.2) is 34.8 Å². The minimum atomic E-state index is -0.528. The van der Waals surface area contributed by atoms with Crippen LogP contribution in [0.15, 0.2) is 35.4 Å². The van der Waals surface area contributed by atoms with Gasteiger partial charge in [-0.3, -0.25) is 19.3 Å². The molecule has 1 saturated heterocycles. The van der Waals surface area contributed by atoms with E-state index >= 15 is 0 Å². The average molecular weight is 381 g/mol. The molecule has 1 N–H and O–H groups in total. The van der Waals surface area contributed by atoms with Crippen molar-refractivity contribution in [2.75, 3.05) is 12.3 Å². The average Bonchev–Trinajstić information content (AvgIpc) is 2.85. The topological polar surface area (TPSA) is 66.5 Å². The number of amides is 2. The van der Waals surface area contributed by atoms with Gasteiger partial charge < -0.3 is 5.32 Å². The summed E-state index contributed by atoms with van der Waals surface area (Å²) in [6.45, 7) is 5.67. The molecule has 0 radical (unpaired) electrons. The number of allylic oxidation sites excluding steroid dienone is 1. The lowest BCUT2D eigenvalue weighted by Gasteiger charge is -2.19. The van der Waals surface area contributed by atoms with Crippen molar-refractivity contribution in [3.05, 3.63) is 46.0 Å². The standard InChI is InChI=1S/C18H21ClN2O3S/c1-18(2,3)14(22)8-17-21(16(24)11-25-17)10-15(23)20-9-12-5-4-6-13(19)7-12/h4-8H,9-11H2,1-3H3,(H,20,23)/b17-8-. The van der Waals surface area contributed by atoms with Crippen molar-refractivity contribution in [2.24, 2.45) is 5.41 Å².